The second-order valence-corrected chi connectivity index (χ2v) is 3.83. The molecule has 0 aliphatic heterocycles. The van der Waals surface area contributed by atoms with Gasteiger partial charge in [-0.2, -0.15) is 4.21 Å². The number of unbranched alkanes of at least 4 members (excludes halogenated alkanes) is 1. The van der Waals surface area contributed by atoms with Gasteiger partial charge in [-0.3, -0.25) is 8.74 Å². The monoisotopic (exact) mass is 245 g/mol. The molecule has 1 aromatic carbocycles. The zero-order valence-corrected chi connectivity index (χ0v) is 9.61. The zero-order chi connectivity index (χ0) is 11.8. The van der Waals surface area contributed by atoms with Crippen molar-refractivity contribution in [1.29, 1.82) is 0 Å². The van der Waals surface area contributed by atoms with Crippen LogP contribution in [-0.4, -0.2) is 22.0 Å². The quantitative estimate of drug-likeness (QED) is 0.433. The van der Waals surface area contributed by atoms with Gasteiger partial charge in [-0.1, -0.05) is 0 Å². The standard InChI is InChI=1S/C10H15NO4S/c11-9-3-5-10(6-4-9)14-7-1-2-8-15-16(12)13/h3-6H,1-2,7-8,11H2,(H,12,13). The van der Waals surface area contributed by atoms with Crippen LogP contribution in [0.2, 0.25) is 0 Å². The predicted molar refractivity (Wildman–Crippen MR) is 62.3 cm³/mol. The number of benzene rings is 1. The Balaban J connectivity index is 2.07. The Morgan fingerprint density at radius 3 is 2.44 bits per heavy atom. The van der Waals surface area contributed by atoms with Gasteiger partial charge in [-0.15, -0.1) is 0 Å². The van der Waals surface area contributed by atoms with Crippen LogP contribution in [0.1, 0.15) is 12.8 Å². The fourth-order valence-electron chi connectivity index (χ4n) is 1.09. The van der Waals surface area contributed by atoms with Gasteiger partial charge in [0.15, 0.2) is 0 Å². The van der Waals surface area contributed by atoms with E-state index in [1.165, 1.54) is 0 Å². The number of hydrogen-bond acceptors (Lipinski definition) is 4. The van der Waals surface area contributed by atoms with Crippen molar-refractivity contribution in [3.8, 4) is 5.75 Å². The Labute approximate surface area is 97.0 Å². The summed E-state index contributed by atoms with van der Waals surface area (Å²) >= 11 is -2.16. The topological polar surface area (TPSA) is 81.8 Å². The van der Waals surface area contributed by atoms with Crippen molar-refractivity contribution in [2.24, 2.45) is 0 Å². The van der Waals surface area contributed by atoms with Crippen LogP contribution in [0, 0.1) is 0 Å². The van der Waals surface area contributed by atoms with E-state index in [2.05, 4.69) is 4.18 Å². The van der Waals surface area contributed by atoms with Crippen LogP contribution in [0.5, 0.6) is 5.75 Å². The summed E-state index contributed by atoms with van der Waals surface area (Å²) in [5, 5.41) is 0. The van der Waals surface area contributed by atoms with Crippen molar-refractivity contribution < 1.29 is 17.7 Å². The average Bonchev–Trinajstić information content (AvgIpc) is 2.25. The van der Waals surface area contributed by atoms with Gasteiger partial charge < -0.3 is 10.5 Å². The SMILES string of the molecule is Nc1ccc(OCCCCOS(=O)O)cc1. The molecule has 1 atom stereocenters. The lowest BCUT2D eigenvalue weighted by Gasteiger charge is -2.05. The summed E-state index contributed by atoms with van der Waals surface area (Å²) in [7, 11) is 0. The van der Waals surface area contributed by atoms with E-state index in [9.17, 15) is 4.21 Å². The van der Waals surface area contributed by atoms with Crippen molar-refractivity contribution >= 4 is 17.0 Å². The van der Waals surface area contributed by atoms with Crippen LogP contribution in [0.25, 0.3) is 0 Å². The van der Waals surface area contributed by atoms with Crippen LogP contribution >= 0.6 is 0 Å². The maximum Gasteiger partial charge on any atom is 0.301 e. The van der Waals surface area contributed by atoms with E-state index in [1.807, 2.05) is 0 Å². The molecular formula is C10H15NO4S. The first kappa shape index (κ1) is 13.0. The van der Waals surface area contributed by atoms with Crippen molar-refractivity contribution in [1.82, 2.24) is 0 Å². The molecule has 0 heterocycles. The second-order valence-electron chi connectivity index (χ2n) is 3.16. The number of hydrogen-bond donors (Lipinski definition) is 2. The van der Waals surface area contributed by atoms with Crippen LogP contribution in [0.15, 0.2) is 24.3 Å². The molecule has 90 valence electrons. The maximum absolute atomic E-state index is 10.1. The van der Waals surface area contributed by atoms with Gasteiger partial charge in [-0.25, -0.2) is 0 Å². The summed E-state index contributed by atoms with van der Waals surface area (Å²) in [5.41, 5.74) is 6.22. The van der Waals surface area contributed by atoms with E-state index < -0.39 is 11.4 Å². The molecule has 0 amide bonds. The molecule has 6 heteroatoms. The minimum absolute atomic E-state index is 0.258. The molecular weight excluding hydrogens is 230 g/mol. The van der Waals surface area contributed by atoms with Crippen molar-refractivity contribution in [2.75, 3.05) is 18.9 Å². The van der Waals surface area contributed by atoms with Gasteiger partial charge in [0.25, 0.3) is 0 Å². The molecule has 5 nitrogen and oxygen atoms in total. The number of ether oxygens (including phenoxy) is 1. The highest BCUT2D eigenvalue weighted by molar-refractivity contribution is 7.74. The fraction of sp³-hybridized carbons (Fsp3) is 0.400. The third-order valence-electron chi connectivity index (χ3n) is 1.87. The molecule has 1 unspecified atom stereocenters. The van der Waals surface area contributed by atoms with Gasteiger partial charge in [-0.05, 0) is 37.1 Å². The lowest BCUT2D eigenvalue weighted by Crippen LogP contribution is -2.02. The Hall–Kier alpha value is -1.11. The molecule has 0 bridgehead atoms. The smallest absolute Gasteiger partial charge is 0.301 e. The summed E-state index contributed by atoms with van der Waals surface area (Å²) in [5.74, 6) is 0.765. The Bertz CT molecular complexity index is 328. The van der Waals surface area contributed by atoms with E-state index >= 15 is 0 Å². The van der Waals surface area contributed by atoms with Gasteiger partial charge in [0.2, 0.25) is 0 Å². The molecule has 0 aliphatic carbocycles. The third kappa shape index (κ3) is 5.69. The molecule has 0 spiro atoms. The number of rotatable bonds is 7. The molecule has 1 rings (SSSR count). The Kier molecular flexibility index (Phi) is 5.84. The largest absolute Gasteiger partial charge is 0.494 e. The zero-order valence-electron chi connectivity index (χ0n) is 8.80. The third-order valence-corrected chi connectivity index (χ3v) is 2.24. The van der Waals surface area contributed by atoms with E-state index in [0.717, 1.165) is 12.2 Å². The first-order chi connectivity index (χ1) is 7.68. The van der Waals surface area contributed by atoms with Gasteiger partial charge >= 0.3 is 11.4 Å². The van der Waals surface area contributed by atoms with Crippen LogP contribution in [-0.2, 0) is 15.5 Å². The summed E-state index contributed by atoms with van der Waals surface area (Å²) in [6.07, 6.45) is 1.45. The summed E-state index contributed by atoms with van der Waals surface area (Å²) < 4.78 is 28.3. The molecule has 0 aliphatic rings. The van der Waals surface area contributed by atoms with Crippen LogP contribution in [0.3, 0.4) is 0 Å². The normalized spacial score (nSPS) is 12.3. The van der Waals surface area contributed by atoms with E-state index in [-0.39, 0.29) is 6.61 Å². The molecule has 0 fully saturated rings. The lowest BCUT2D eigenvalue weighted by atomic mass is 10.3. The Morgan fingerprint density at radius 1 is 1.19 bits per heavy atom. The molecule has 0 radical (unpaired) electrons. The molecule has 16 heavy (non-hydrogen) atoms. The van der Waals surface area contributed by atoms with E-state index in [1.54, 1.807) is 24.3 Å². The fourth-order valence-corrected chi connectivity index (χ4v) is 1.35. The first-order valence-corrected chi connectivity index (χ1v) is 5.94. The highest BCUT2D eigenvalue weighted by Gasteiger charge is 1.95. The van der Waals surface area contributed by atoms with Crippen molar-refractivity contribution in [2.45, 2.75) is 12.8 Å². The first-order valence-electron chi connectivity index (χ1n) is 4.91. The molecule has 0 saturated heterocycles. The lowest BCUT2D eigenvalue weighted by molar-refractivity contribution is 0.264. The molecule has 3 N–H and O–H groups in total. The minimum atomic E-state index is -2.16. The molecule has 1 aromatic rings. The van der Waals surface area contributed by atoms with Gasteiger partial charge in [0, 0.05) is 5.69 Å². The van der Waals surface area contributed by atoms with Crippen LogP contribution < -0.4 is 10.5 Å². The minimum Gasteiger partial charge on any atom is -0.494 e. The van der Waals surface area contributed by atoms with E-state index in [4.69, 9.17) is 15.0 Å². The summed E-state index contributed by atoms with van der Waals surface area (Å²) in [6, 6.07) is 7.14. The average molecular weight is 245 g/mol. The second kappa shape index (κ2) is 7.21. The number of nitrogen functional groups attached to an aromatic ring is 1. The van der Waals surface area contributed by atoms with Gasteiger partial charge in [0.05, 0.1) is 13.2 Å². The van der Waals surface area contributed by atoms with Crippen molar-refractivity contribution in [3.63, 3.8) is 0 Å². The molecule has 0 aromatic heterocycles. The number of nitrogens with two attached hydrogens (primary N) is 1. The predicted octanol–water partition coefficient (Wildman–Crippen LogP) is 1.58. The number of anilines is 1. The molecule has 0 saturated carbocycles. The van der Waals surface area contributed by atoms with E-state index in [0.29, 0.717) is 18.7 Å². The Morgan fingerprint density at radius 2 is 1.81 bits per heavy atom. The highest BCUT2D eigenvalue weighted by atomic mass is 32.2. The maximum atomic E-state index is 10.1. The summed E-state index contributed by atoms with van der Waals surface area (Å²) in [4.78, 5) is 0. The summed E-state index contributed by atoms with van der Waals surface area (Å²) in [6.45, 7) is 0.805. The van der Waals surface area contributed by atoms with Crippen LogP contribution in [0.4, 0.5) is 5.69 Å². The highest BCUT2D eigenvalue weighted by Crippen LogP contribution is 2.13. The van der Waals surface area contributed by atoms with Crippen molar-refractivity contribution in [3.05, 3.63) is 24.3 Å². The van der Waals surface area contributed by atoms with Gasteiger partial charge in [0.1, 0.15) is 5.75 Å².